The van der Waals surface area contributed by atoms with E-state index in [1.165, 1.54) is 11.8 Å². The van der Waals surface area contributed by atoms with Crippen LogP contribution in [0, 0.1) is 6.92 Å². The van der Waals surface area contributed by atoms with Crippen LogP contribution in [-0.4, -0.2) is 41.4 Å². The molecule has 1 heterocycles. The summed E-state index contributed by atoms with van der Waals surface area (Å²) in [5, 5.41) is 12.1. The normalized spacial score (nSPS) is 11.8. The highest BCUT2D eigenvalue weighted by molar-refractivity contribution is 6.03. The number of ether oxygens (including phenoxy) is 1. The van der Waals surface area contributed by atoms with Crippen molar-refractivity contribution in [3.8, 4) is 5.75 Å². The van der Waals surface area contributed by atoms with Crippen molar-refractivity contribution in [3.05, 3.63) is 65.9 Å². The van der Waals surface area contributed by atoms with E-state index >= 15 is 0 Å². The molecule has 0 aliphatic carbocycles. The Labute approximate surface area is 239 Å². The average molecular weight is 564 g/mol. The Morgan fingerprint density at radius 2 is 1.66 bits per heavy atom. The third kappa shape index (κ3) is 8.66. The lowest BCUT2D eigenvalue weighted by Gasteiger charge is -2.35. The summed E-state index contributed by atoms with van der Waals surface area (Å²) in [6, 6.07) is 14.0. The number of benzene rings is 2. The maximum absolute atomic E-state index is 13.9. The monoisotopic (exact) mass is 563 g/mol. The molecule has 3 rings (SSSR count). The van der Waals surface area contributed by atoms with E-state index in [2.05, 4.69) is 21.1 Å². The lowest BCUT2D eigenvalue weighted by molar-refractivity contribution is -0.128. The fraction of sp³-hybridized carbons (Fsp3) is 0.367. The molecule has 3 aromatic rings. The smallest absolute Gasteiger partial charge is 0.248 e. The minimum Gasteiger partial charge on any atom is -0.497 e. The molecule has 0 fully saturated rings. The molecule has 0 unspecified atom stereocenters. The summed E-state index contributed by atoms with van der Waals surface area (Å²) in [5.74, 6) is -0.116. The van der Waals surface area contributed by atoms with Crippen LogP contribution in [-0.2, 0) is 19.2 Å². The van der Waals surface area contributed by atoms with Gasteiger partial charge < -0.3 is 25.2 Å². The van der Waals surface area contributed by atoms with Gasteiger partial charge in [-0.3, -0.25) is 24.1 Å². The molecule has 11 heteroatoms. The maximum Gasteiger partial charge on any atom is 0.248 e. The van der Waals surface area contributed by atoms with Crippen LogP contribution < -0.4 is 25.6 Å². The Morgan fingerprint density at radius 3 is 2.20 bits per heavy atom. The van der Waals surface area contributed by atoms with Crippen molar-refractivity contribution in [3.63, 3.8) is 0 Å². The van der Waals surface area contributed by atoms with E-state index < -0.39 is 23.4 Å². The first kappa shape index (κ1) is 30.9. The van der Waals surface area contributed by atoms with Crippen LogP contribution in [0.4, 0.5) is 17.2 Å². The fourth-order valence-corrected chi connectivity index (χ4v) is 4.01. The molecule has 1 atom stereocenters. The van der Waals surface area contributed by atoms with Gasteiger partial charge >= 0.3 is 0 Å². The number of rotatable bonds is 12. The van der Waals surface area contributed by atoms with Crippen LogP contribution in [0.25, 0.3) is 0 Å². The van der Waals surface area contributed by atoms with E-state index in [4.69, 9.17) is 9.26 Å². The summed E-state index contributed by atoms with van der Waals surface area (Å²) < 4.78 is 10.3. The molecule has 0 saturated carbocycles. The van der Waals surface area contributed by atoms with Crippen LogP contribution >= 0.6 is 0 Å². The first-order chi connectivity index (χ1) is 19.4. The van der Waals surface area contributed by atoms with Crippen LogP contribution in [0.2, 0.25) is 0 Å². The van der Waals surface area contributed by atoms with Gasteiger partial charge in [0.05, 0.1) is 7.11 Å². The minimum absolute atomic E-state index is 0.150. The van der Waals surface area contributed by atoms with Crippen molar-refractivity contribution in [1.29, 1.82) is 0 Å². The number of hydrogen-bond acceptors (Lipinski definition) is 7. The van der Waals surface area contributed by atoms with Gasteiger partial charge in [-0.25, -0.2) is 0 Å². The zero-order valence-electron chi connectivity index (χ0n) is 24.2. The molecule has 4 amide bonds. The van der Waals surface area contributed by atoms with Gasteiger partial charge in [-0.05, 0) is 69.2 Å². The summed E-state index contributed by atoms with van der Waals surface area (Å²) in [7, 11) is 1.54. The Hall–Kier alpha value is -4.67. The van der Waals surface area contributed by atoms with E-state index in [9.17, 15) is 19.2 Å². The Balaban J connectivity index is 2.00. The van der Waals surface area contributed by atoms with Crippen molar-refractivity contribution in [2.45, 2.75) is 65.5 Å². The SMILES string of the molecule is CCC(C)(C)NC(=O)[C@H](c1ccc(OC)cc1)N(C(=O)CCC(=O)Nc1cc(C)on1)c1ccc(NC(C)=O)cc1. The minimum atomic E-state index is -1.06. The third-order valence-electron chi connectivity index (χ3n) is 6.48. The van der Waals surface area contributed by atoms with Gasteiger partial charge in [0.2, 0.25) is 23.6 Å². The van der Waals surface area contributed by atoms with Crippen molar-refractivity contribution in [2.75, 3.05) is 22.6 Å². The van der Waals surface area contributed by atoms with E-state index in [1.54, 1.807) is 68.6 Å². The molecule has 1 aromatic heterocycles. The molecule has 0 spiro atoms. The predicted molar refractivity (Wildman–Crippen MR) is 156 cm³/mol. The zero-order chi connectivity index (χ0) is 30.2. The lowest BCUT2D eigenvalue weighted by atomic mass is 9.97. The second-order valence-corrected chi connectivity index (χ2v) is 10.3. The molecule has 0 aliphatic rings. The number of aryl methyl sites for hydroxylation is 1. The molecule has 0 bridgehead atoms. The van der Waals surface area contributed by atoms with E-state index in [0.717, 1.165) is 0 Å². The summed E-state index contributed by atoms with van der Waals surface area (Å²) in [4.78, 5) is 53.3. The first-order valence-corrected chi connectivity index (χ1v) is 13.3. The lowest BCUT2D eigenvalue weighted by Crippen LogP contribution is -2.50. The average Bonchev–Trinajstić information content (AvgIpc) is 3.34. The number of aromatic nitrogens is 1. The number of carbonyl (C=O) groups is 4. The molecule has 218 valence electrons. The highest BCUT2D eigenvalue weighted by Crippen LogP contribution is 2.32. The topological polar surface area (TPSA) is 143 Å². The van der Waals surface area contributed by atoms with Gasteiger partial charge in [0.25, 0.3) is 0 Å². The van der Waals surface area contributed by atoms with Gasteiger partial charge in [-0.2, -0.15) is 0 Å². The second-order valence-electron chi connectivity index (χ2n) is 10.3. The highest BCUT2D eigenvalue weighted by atomic mass is 16.5. The van der Waals surface area contributed by atoms with Crippen molar-refractivity contribution in [1.82, 2.24) is 10.5 Å². The molecule has 2 aromatic carbocycles. The van der Waals surface area contributed by atoms with Crippen molar-refractivity contribution < 1.29 is 28.4 Å². The molecular weight excluding hydrogens is 526 g/mol. The standard InChI is InChI=1S/C30H37N5O6/c1-7-30(4,5)33-29(39)28(21-8-14-24(40-6)15-9-21)35(23-12-10-22(11-13-23)31-20(3)36)27(38)17-16-26(37)32-25-18-19(2)41-34-25/h8-15,18,28H,7,16-17H2,1-6H3,(H,31,36)(H,33,39)(H,32,34,37)/t28-/m0/s1. The highest BCUT2D eigenvalue weighted by Gasteiger charge is 2.35. The van der Waals surface area contributed by atoms with Crippen LogP contribution in [0.5, 0.6) is 5.75 Å². The number of nitrogens with one attached hydrogen (secondary N) is 3. The van der Waals surface area contributed by atoms with Crippen LogP contribution in [0.1, 0.15) is 64.3 Å². The summed E-state index contributed by atoms with van der Waals surface area (Å²) in [6.45, 7) is 8.86. The molecule has 3 N–H and O–H groups in total. The molecule has 11 nitrogen and oxygen atoms in total. The Bertz CT molecular complexity index is 1360. The van der Waals surface area contributed by atoms with Crippen LogP contribution in [0.15, 0.2) is 59.1 Å². The largest absolute Gasteiger partial charge is 0.497 e. The Morgan fingerprint density at radius 1 is 1.00 bits per heavy atom. The summed E-state index contributed by atoms with van der Waals surface area (Å²) in [5.41, 5.74) is 0.967. The predicted octanol–water partition coefficient (Wildman–Crippen LogP) is 4.75. The summed E-state index contributed by atoms with van der Waals surface area (Å²) in [6.07, 6.45) is 0.324. The Kier molecular flexibility index (Phi) is 10.2. The number of methoxy groups -OCH3 is 1. The number of carbonyl (C=O) groups excluding carboxylic acids is 4. The molecule has 41 heavy (non-hydrogen) atoms. The molecule has 0 aliphatic heterocycles. The molecule has 0 saturated heterocycles. The zero-order valence-corrected chi connectivity index (χ0v) is 24.2. The van der Waals surface area contributed by atoms with Gasteiger partial charge in [0.1, 0.15) is 17.6 Å². The van der Waals surface area contributed by atoms with Crippen molar-refractivity contribution in [2.24, 2.45) is 0 Å². The molecular formula is C30H37N5O6. The fourth-order valence-electron chi connectivity index (χ4n) is 4.01. The first-order valence-electron chi connectivity index (χ1n) is 13.3. The van der Waals surface area contributed by atoms with Gasteiger partial charge in [-0.1, -0.05) is 24.2 Å². The quantitative estimate of drug-likeness (QED) is 0.289. The molecule has 0 radical (unpaired) electrons. The second kappa shape index (κ2) is 13.6. The van der Waals surface area contributed by atoms with E-state index in [0.29, 0.717) is 34.9 Å². The van der Waals surface area contributed by atoms with Crippen LogP contribution in [0.3, 0.4) is 0 Å². The number of anilines is 3. The summed E-state index contributed by atoms with van der Waals surface area (Å²) >= 11 is 0. The van der Waals surface area contributed by atoms with E-state index in [-0.39, 0.29) is 30.5 Å². The van der Waals surface area contributed by atoms with Crippen molar-refractivity contribution >= 4 is 40.8 Å². The van der Waals surface area contributed by atoms with Gasteiger partial charge in [0.15, 0.2) is 5.82 Å². The van der Waals surface area contributed by atoms with E-state index in [1.807, 2.05) is 20.8 Å². The number of nitrogens with zero attached hydrogens (tertiary/aromatic N) is 2. The number of hydrogen-bond donors (Lipinski definition) is 3. The number of amides is 4. The van der Waals surface area contributed by atoms with Gasteiger partial charge in [0, 0.05) is 42.7 Å². The van der Waals surface area contributed by atoms with Gasteiger partial charge in [-0.15, -0.1) is 0 Å². The maximum atomic E-state index is 13.9. The third-order valence-corrected chi connectivity index (χ3v) is 6.48.